The molecular formula is C24H17ClN4O4S. The molecule has 0 atom stereocenters. The summed E-state index contributed by atoms with van der Waals surface area (Å²) in [5, 5.41) is 18.8. The van der Waals surface area contributed by atoms with E-state index in [0.717, 1.165) is 16.8 Å². The van der Waals surface area contributed by atoms with E-state index in [4.69, 9.17) is 26.1 Å². The lowest BCUT2D eigenvalue weighted by Crippen LogP contribution is -2.12. The molecule has 0 aliphatic carbocycles. The van der Waals surface area contributed by atoms with E-state index in [1.165, 1.54) is 23.6 Å². The van der Waals surface area contributed by atoms with Gasteiger partial charge in [0.2, 0.25) is 11.6 Å². The van der Waals surface area contributed by atoms with Gasteiger partial charge < -0.3 is 9.47 Å². The Morgan fingerprint density at radius 3 is 2.65 bits per heavy atom. The molecule has 3 aromatic carbocycles. The number of nitro benzene ring substituents is 1. The fourth-order valence-electron chi connectivity index (χ4n) is 3.44. The van der Waals surface area contributed by atoms with Crippen molar-refractivity contribution in [2.24, 2.45) is 10.1 Å². The molecule has 0 radical (unpaired) electrons. The van der Waals surface area contributed by atoms with Crippen molar-refractivity contribution in [3.63, 3.8) is 0 Å². The van der Waals surface area contributed by atoms with E-state index >= 15 is 0 Å². The summed E-state index contributed by atoms with van der Waals surface area (Å²) in [6, 6.07) is 20.2. The lowest BCUT2D eigenvalue weighted by atomic mass is 10.1. The predicted octanol–water partition coefficient (Wildman–Crippen LogP) is 5.49. The Hall–Kier alpha value is -3.95. The minimum Gasteiger partial charge on any atom is -0.454 e. The van der Waals surface area contributed by atoms with Gasteiger partial charge in [-0.1, -0.05) is 54.1 Å². The van der Waals surface area contributed by atoms with E-state index in [-0.39, 0.29) is 12.5 Å². The van der Waals surface area contributed by atoms with E-state index in [9.17, 15) is 10.1 Å². The van der Waals surface area contributed by atoms with Gasteiger partial charge in [-0.2, -0.15) is 5.10 Å². The highest BCUT2D eigenvalue weighted by atomic mass is 35.5. The fourth-order valence-corrected chi connectivity index (χ4v) is 4.46. The minimum absolute atomic E-state index is 0.0216. The van der Waals surface area contributed by atoms with Crippen molar-refractivity contribution in [1.82, 2.24) is 4.68 Å². The second kappa shape index (κ2) is 9.50. The van der Waals surface area contributed by atoms with Gasteiger partial charge in [-0.05, 0) is 23.8 Å². The molecular weight excluding hydrogens is 476 g/mol. The summed E-state index contributed by atoms with van der Waals surface area (Å²) in [4.78, 5) is 16.5. The van der Waals surface area contributed by atoms with Crippen LogP contribution in [0.25, 0.3) is 11.3 Å². The lowest BCUT2D eigenvalue weighted by molar-refractivity contribution is -0.385. The number of benzene rings is 3. The molecule has 0 spiro atoms. The summed E-state index contributed by atoms with van der Waals surface area (Å²) >= 11 is 7.63. The number of halogens is 1. The monoisotopic (exact) mass is 492 g/mol. The molecule has 0 saturated carbocycles. The van der Waals surface area contributed by atoms with Crippen molar-refractivity contribution in [3.05, 3.63) is 103 Å². The van der Waals surface area contributed by atoms with Crippen molar-refractivity contribution < 1.29 is 14.4 Å². The summed E-state index contributed by atoms with van der Waals surface area (Å²) in [5.74, 6) is 0.775. The van der Waals surface area contributed by atoms with Crippen LogP contribution in [0.2, 0.25) is 5.02 Å². The number of aromatic nitrogens is 1. The zero-order valence-corrected chi connectivity index (χ0v) is 19.2. The molecule has 1 aromatic heterocycles. The predicted molar refractivity (Wildman–Crippen MR) is 131 cm³/mol. The number of ether oxygens (including phenoxy) is 2. The number of nitrogens with zero attached hydrogens (tertiary/aromatic N) is 4. The molecule has 0 bridgehead atoms. The Balaban J connectivity index is 1.60. The molecule has 1 aliphatic rings. The smallest absolute Gasteiger partial charge is 0.282 e. The van der Waals surface area contributed by atoms with E-state index in [0.29, 0.717) is 33.4 Å². The standard InChI is InChI=1S/C24H17ClN4O4S/c25-19-8-4-7-17(9-19)21-14-34-24(26-12-16-5-2-1-3-6-16)28(21)27-13-18-10-22-23(33-15-32-22)11-20(18)29(30)31/h1-11,13-14H,12,15H2. The Kier molecular flexibility index (Phi) is 6.11. The summed E-state index contributed by atoms with van der Waals surface area (Å²) in [6.07, 6.45) is 1.43. The molecule has 10 heteroatoms. The highest BCUT2D eigenvalue weighted by Crippen LogP contribution is 2.37. The summed E-state index contributed by atoms with van der Waals surface area (Å²) in [6.45, 7) is 0.490. The van der Waals surface area contributed by atoms with Crippen LogP contribution in [0.1, 0.15) is 11.1 Å². The van der Waals surface area contributed by atoms with Crippen LogP contribution in [0.4, 0.5) is 5.69 Å². The van der Waals surface area contributed by atoms with Crippen LogP contribution in [-0.2, 0) is 6.54 Å². The molecule has 0 amide bonds. The Bertz CT molecular complexity index is 1460. The summed E-state index contributed by atoms with van der Waals surface area (Å²) < 4.78 is 12.3. The Labute approximate surface area is 203 Å². The normalized spacial score (nSPS) is 13.0. The van der Waals surface area contributed by atoms with Gasteiger partial charge in [-0.3, -0.25) is 15.1 Å². The maximum atomic E-state index is 11.6. The quantitative estimate of drug-likeness (QED) is 0.202. The number of rotatable bonds is 6. The van der Waals surface area contributed by atoms with Crippen molar-refractivity contribution in [1.29, 1.82) is 0 Å². The third-order valence-corrected chi connectivity index (χ3v) is 6.17. The number of hydrogen-bond donors (Lipinski definition) is 0. The van der Waals surface area contributed by atoms with Gasteiger partial charge in [-0.25, -0.2) is 4.68 Å². The van der Waals surface area contributed by atoms with E-state index in [1.54, 1.807) is 16.8 Å². The zero-order valence-electron chi connectivity index (χ0n) is 17.6. The molecule has 2 heterocycles. The lowest BCUT2D eigenvalue weighted by Gasteiger charge is -2.05. The van der Waals surface area contributed by atoms with Crippen LogP contribution in [0, 0.1) is 10.1 Å². The van der Waals surface area contributed by atoms with Gasteiger partial charge in [0.05, 0.1) is 35.0 Å². The van der Waals surface area contributed by atoms with E-state index in [2.05, 4.69) is 5.10 Å². The van der Waals surface area contributed by atoms with E-state index in [1.807, 2.05) is 53.9 Å². The molecule has 34 heavy (non-hydrogen) atoms. The fraction of sp³-hybridized carbons (Fsp3) is 0.0833. The maximum Gasteiger partial charge on any atom is 0.282 e. The third-order valence-electron chi connectivity index (χ3n) is 5.08. The molecule has 0 fully saturated rings. The van der Waals surface area contributed by atoms with Crippen LogP contribution in [0.3, 0.4) is 0 Å². The number of fused-ring (bicyclic) bond motifs is 1. The molecule has 1 aliphatic heterocycles. The zero-order chi connectivity index (χ0) is 23.5. The topological polar surface area (TPSA) is 91.2 Å². The number of hydrogen-bond acceptors (Lipinski definition) is 7. The maximum absolute atomic E-state index is 11.6. The van der Waals surface area contributed by atoms with Gasteiger partial charge in [0.25, 0.3) is 5.69 Å². The summed E-state index contributed by atoms with van der Waals surface area (Å²) in [7, 11) is 0. The van der Waals surface area contributed by atoms with Crippen molar-refractivity contribution in [3.8, 4) is 22.8 Å². The largest absolute Gasteiger partial charge is 0.454 e. The summed E-state index contributed by atoms with van der Waals surface area (Å²) in [5.41, 5.74) is 2.83. The average Bonchev–Trinajstić information content (AvgIpc) is 3.47. The van der Waals surface area contributed by atoms with Crippen molar-refractivity contribution in [2.45, 2.75) is 6.54 Å². The molecule has 8 nitrogen and oxygen atoms in total. The first-order valence-electron chi connectivity index (χ1n) is 10.2. The van der Waals surface area contributed by atoms with Crippen LogP contribution >= 0.6 is 22.9 Å². The Morgan fingerprint density at radius 2 is 1.88 bits per heavy atom. The molecule has 5 rings (SSSR count). The Morgan fingerprint density at radius 1 is 1.09 bits per heavy atom. The molecule has 170 valence electrons. The second-order valence-corrected chi connectivity index (χ2v) is 8.57. The molecule has 4 aromatic rings. The third kappa shape index (κ3) is 4.57. The van der Waals surface area contributed by atoms with Gasteiger partial charge in [0.15, 0.2) is 11.5 Å². The first-order chi connectivity index (χ1) is 16.6. The van der Waals surface area contributed by atoms with Gasteiger partial charge in [0, 0.05) is 16.0 Å². The van der Waals surface area contributed by atoms with Crippen LogP contribution in [0.5, 0.6) is 11.5 Å². The molecule has 0 unspecified atom stereocenters. The SMILES string of the molecule is O=[N+]([O-])c1cc2c(cc1C=Nn1c(-c3cccc(Cl)c3)csc1=NCc1ccccc1)OCO2. The molecule has 0 N–H and O–H groups in total. The first kappa shape index (κ1) is 21.9. The van der Waals surface area contributed by atoms with E-state index < -0.39 is 4.92 Å². The highest BCUT2D eigenvalue weighted by Gasteiger charge is 2.22. The van der Waals surface area contributed by atoms with Crippen LogP contribution in [0.15, 0.2) is 82.2 Å². The molecule has 0 saturated heterocycles. The van der Waals surface area contributed by atoms with Crippen LogP contribution < -0.4 is 14.3 Å². The average molecular weight is 493 g/mol. The van der Waals surface area contributed by atoms with Gasteiger partial charge in [-0.15, -0.1) is 11.3 Å². The van der Waals surface area contributed by atoms with Crippen molar-refractivity contribution in [2.75, 3.05) is 6.79 Å². The van der Waals surface area contributed by atoms with Crippen LogP contribution in [-0.4, -0.2) is 22.6 Å². The second-order valence-electron chi connectivity index (χ2n) is 7.29. The number of nitro groups is 1. The minimum atomic E-state index is -0.472. The first-order valence-corrected chi connectivity index (χ1v) is 11.5. The van der Waals surface area contributed by atoms with Crippen molar-refractivity contribution >= 4 is 34.8 Å². The number of thiazole rings is 1. The highest BCUT2D eigenvalue weighted by molar-refractivity contribution is 7.07. The van der Waals surface area contributed by atoms with Gasteiger partial charge in [0.1, 0.15) is 0 Å². The van der Waals surface area contributed by atoms with Gasteiger partial charge >= 0.3 is 0 Å².